The molecule has 0 heterocycles. The van der Waals surface area contributed by atoms with Crippen molar-refractivity contribution in [2.24, 2.45) is 11.8 Å². The molecule has 2 rings (SSSR count). The predicted molar refractivity (Wildman–Crippen MR) is 86.6 cm³/mol. The summed E-state index contributed by atoms with van der Waals surface area (Å²) in [4.78, 5) is 12.1. The molecule has 1 aliphatic carbocycles. The lowest BCUT2D eigenvalue weighted by Crippen LogP contribution is -2.39. The van der Waals surface area contributed by atoms with Gasteiger partial charge < -0.3 is 15.2 Å². The quantitative estimate of drug-likeness (QED) is 0.849. The molecule has 0 radical (unpaired) electrons. The van der Waals surface area contributed by atoms with Crippen LogP contribution in [0.5, 0.6) is 5.75 Å². The molecule has 1 aliphatic rings. The Balaban J connectivity index is 1.78. The molecule has 3 unspecified atom stereocenters. The van der Waals surface area contributed by atoms with Crippen molar-refractivity contribution in [1.29, 1.82) is 0 Å². The zero-order chi connectivity index (χ0) is 15.9. The molecule has 0 bridgehead atoms. The maximum absolute atomic E-state index is 12.1. The minimum atomic E-state index is -0.532. The first kappa shape index (κ1) is 16.8. The van der Waals surface area contributed by atoms with E-state index in [4.69, 9.17) is 9.84 Å². The van der Waals surface area contributed by atoms with Gasteiger partial charge in [0.15, 0.2) is 6.10 Å². The van der Waals surface area contributed by atoms with Gasteiger partial charge in [0.2, 0.25) is 0 Å². The molecule has 22 heavy (non-hydrogen) atoms. The SMILES string of the molecule is CC1CCCC(CNC(=O)C(C)Oc2cccc(CO)c2)C1. The van der Waals surface area contributed by atoms with Gasteiger partial charge in [-0.15, -0.1) is 0 Å². The molecule has 1 saturated carbocycles. The summed E-state index contributed by atoms with van der Waals surface area (Å²) in [6.07, 6.45) is 4.45. The molecule has 0 aromatic heterocycles. The maximum atomic E-state index is 12.1. The highest BCUT2D eigenvalue weighted by atomic mass is 16.5. The predicted octanol–water partition coefficient (Wildman–Crippen LogP) is 2.89. The van der Waals surface area contributed by atoms with E-state index >= 15 is 0 Å². The molecule has 4 nitrogen and oxygen atoms in total. The van der Waals surface area contributed by atoms with Gasteiger partial charge in [0.1, 0.15) is 5.75 Å². The molecule has 1 aromatic rings. The number of nitrogens with one attached hydrogen (secondary N) is 1. The van der Waals surface area contributed by atoms with Crippen molar-refractivity contribution < 1.29 is 14.6 Å². The Labute approximate surface area is 132 Å². The number of ether oxygens (including phenoxy) is 1. The number of hydrogen-bond donors (Lipinski definition) is 2. The zero-order valence-corrected chi connectivity index (χ0v) is 13.5. The number of rotatable bonds is 6. The van der Waals surface area contributed by atoms with Gasteiger partial charge in [0.05, 0.1) is 6.61 Å². The van der Waals surface area contributed by atoms with Crippen LogP contribution < -0.4 is 10.1 Å². The number of carbonyl (C=O) groups excluding carboxylic acids is 1. The average Bonchev–Trinajstić information content (AvgIpc) is 2.52. The molecule has 122 valence electrons. The molecular weight excluding hydrogens is 278 g/mol. The Morgan fingerprint density at radius 1 is 1.45 bits per heavy atom. The van der Waals surface area contributed by atoms with Gasteiger partial charge in [-0.05, 0) is 49.3 Å². The minimum Gasteiger partial charge on any atom is -0.481 e. The highest BCUT2D eigenvalue weighted by molar-refractivity contribution is 5.80. The van der Waals surface area contributed by atoms with E-state index in [0.29, 0.717) is 11.7 Å². The third-order valence-electron chi connectivity index (χ3n) is 4.37. The summed E-state index contributed by atoms with van der Waals surface area (Å²) in [5, 5.41) is 12.1. The smallest absolute Gasteiger partial charge is 0.260 e. The van der Waals surface area contributed by atoms with Crippen LogP contribution in [0.1, 0.15) is 45.1 Å². The van der Waals surface area contributed by atoms with Gasteiger partial charge in [-0.2, -0.15) is 0 Å². The van der Waals surface area contributed by atoms with E-state index in [0.717, 1.165) is 18.0 Å². The molecule has 4 heteroatoms. The molecule has 0 spiro atoms. The lowest BCUT2D eigenvalue weighted by molar-refractivity contribution is -0.127. The summed E-state index contributed by atoms with van der Waals surface area (Å²) in [5.41, 5.74) is 0.779. The van der Waals surface area contributed by atoms with Gasteiger partial charge in [-0.1, -0.05) is 31.9 Å². The third kappa shape index (κ3) is 5.02. The van der Waals surface area contributed by atoms with Gasteiger partial charge in [0.25, 0.3) is 5.91 Å². The molecule has 0 saturated heterocycles. The van der Waals surface area contributed by atoms with Crippen molar-refractivity contribution in [2.75, 3.05) is 6.54 Å². The van der Waals surface area contributed by atoms with Gasteiger partial charge >= 0.3 is 0 Å². The number of hydrogen-bond acceptors (Lipinski definition) is 3. The van der Waals surface area contributed by atoms with Crippen LogP contribution in [-0.2, 0) is 11.4 Å². The topological polar surface area (TPSA) is 58.6 Å². The lowest BCUT2D eigenvalue weighted by atomic mass is 9.82. The number of amides is 1. The van der Waals surface area contributed by atoms with Crippen molar-refractivity contribution in [1.82, 2.24) is 5.32 Å². The van der Waals surface area contributed by atoms with Gasteiger partial charge in [-0.3, -0.25) is 4.79 Å². The second kappa shape index (κ2) is 8.18. The molecule has 3 atom stereocenters. The highest BCUT2D eigenvalue weighted by Crippen LogP contribution is 2.27. The van der Waals surface area contributed by atoms with Crippen LogP contribution in [0.25, 0.3) is 0 Å². The number of carbonyl (C=O) groups is 1. The van der Waals surface area contributed by atoms with Crippen LogP contribution in [0.2, 0.25) is 0 Å². The first-order valence-corrected chi connectivity index (χ1v) is 8.22. The van der Waals surface area contributed by atoms with E-state index in [1.54, 1.807) is 19.1 Å². The van der Waals surface area contributed by atoms with E-state index in [1.807, 2.05) is 12.1 Å². The van der Waals surface area contributed by atoms with Gasteiger partial charge in [0, 0.05) is 6.54 Å². The maximum Gasteiger partial charge on any atom is 0.260 e. The van der Waals surface area contributed by atoms with Crippen LogP contribution in [0, 0.1) is 11.8 Å². The normalized spacial score (nSPS) is 22.9. The monoisotopic (exact) mass is 305 g/mol. The van der Waals surface area contributed by atoms with Crippen molar-refractivity contribution in [3.63, 3.8) is 0 Å². The second-order valence-corrected chi connectivity index (χ2v) is 6.45. The Morgan fingerprint density at radius 3 is 3.00 bits per heavy atom. The first-order valence-electron chi connectivity index (χ1n) is 8.22. The largest absolute Gasteiger partial charge is 0.481 e. The van der Waals surface area contributed by atoms with Crippen molar-refractivity contribution >= 4 is 5.91 Å². The van der Waals surface area contributed by atoms with Crippen LogP contribution in [0.15, 0.2) is 24.3 Å². The zero-order valence-electron chi connectivity index (χ0n) is 13.5. The second-order valence-electron chi connectivity index (χ2n) is 6.45. The van der Waals surface area contributed by atoms with E-state index in [9.17, 15) is 4.79 Å². The average molecular weight is 305 g/mol. The van der Waals surface area contributed by atoms with E-state index in [-0.39, 0.29) is 12.5 Å². The Morgan fingerprint density at radius 2 is 2.27 bits per heavy atom. The summed E-state index contributed by atoms with van der Waals surface area (Å²) in [7, 11) is 0. The minimum absolute atomic E-state index is 0.0301. The third-order valence-corrected chi connectivity index (χ3v) is 4.37. The van der Waals surface area contributed by atoms with Crippen LogP contribution in [-0.4, -0.2) is 23.7 Å². The molecule has 1 aromatic carbocycles. The Kier molecular flexibility index (Phi) is 6.25. The summed E-state index contributed by atoms with van der Waals surface area (Å²) in [6.45, 7) is 4.75. The summed E-state index contributed by atoms with van der Waals surface area (Å²) in [5.74, 6) is 1.90. The number of benzene rings is 1. The van der Waals surface area contributed by atoms with Crippen LogP contribution >= 0.6 is 0 Å². The molecule has 2 N–H and O–H groups in total. The van der Waals surface area contributed by atoms with E-state index < -0.39 is 6.10 Å². The molecule has 0 aliphatic heterocycles. The molecule has 1 amide bonds. The Bertz CT molecular complexity index is 489. The van der Waals surface area contributed by atoms with Gasteiger partial charge in [-0.25, -0.2) is 0 Å². The standard InChI is InChI=1S/C18H27NO3/c1-13-5-3-6-15(9-13)11-19-18(21)14(2)22-17-8-4-7-16(10-17)12-20/h4,7-8,10,13-15,20H,3,5-6,9,11-12H2,1-2H3,(H,19,21). The molecular formula is C18H27NO3. The number of aliphatic hydroxyl groups is 1. The lowest BCUT2D eigenvalue weighted by Gasteiger charge is -2.27. The van der Waals surface area contributed by atoms with Crippen molar-refractivity contribution in [3.8, 4) is 5.75 Å². The van der Waals surface area contributed by atoms with Crippen LogP contribution in [0.4, 0.5) is 0 Å². The first-order chi connectivity index (χ1) is 10.6. The fourth-order valence-corrected chi connectivity index (χ4v) is 3.11. The van der Waals surface area contributed by atoms with Crippen LogP contribution in [0.3, 0.4) is 0 Å². The summed E-state index contributed by atoms with van der Waals surface area (Å²) < 4.78 is 5.66. The number of aliphatic hydroxyl groups excluding tert-OH is 1. The van der Waals surface area contributed by atoms with Crippen molar-refractivity contribution in [3.05, 3.63) is 29.8 Å². The highest BCUT2D eigenvalue weighted by Gasteiger charge is 2.21. The van der Waals surface area contributed by atoms with E-state index in [1.165, 1.54) is 25.7 Å². The summed E-state index contributed by atoms with van der Waals surface area (Å²) in [6, 6.07) is 7.19. The Hall–Kier alpha value is -1.55. The molecule has 1 fully saturated rings. The van der Waals surface area contributed by atoms with E-state index in [2.05, 4.69) is 12.2 Å². The summed E-state index contributed by atoms with van der Waals surface area (Å²) >= 11 is 0. The van der Waals surface area contributed by atoms with Crippen molar-refractivity contribution in [2.45, 2.75) is 52.2 Å². The fraction of sp³-hybridized carbons (Fsp3) is 0.611. The fourth-order valence-electron chi connectivity index (χ4n) is 3.11.